The highest BCUT2D eigenvalue weighted by molar-refractivity contribution is 9.10. The number of rotatable bonds is 2. The van der Waals surface area contributed by atoms with Gasteiger partial charge in [-0.15, -0.1) is 0 Å². The van der Waals surface area contributed by atoms with Crippen molar-refractivity contribution in [2.45, 2.75) is 18.9 Å². The van der Waals surface area contributed by atoms with Crippen molar-refractivity contribution in [2.24, 2.45) is 0 Å². The van der Waals surface area contributed by atoms with E-state index in [1.807, 2.05) is 4.90 Å². The van der Waals surface area contributed by atoms with Crippen molar-refractivity contribution < 1.29 is 4.79 Å². The zero-order valence-electron chi connectivity index (χ0n) is 10.8. The molecule has 2 aromatic rings. The van der Waals surface area contributed by atoms with Gasteiger partial charge in [0, 0.05) is 30.0 Å². The molecule has 0 radical (unpaired) electrons. The number of pyridine rings is 1. The van der Waals surface area contributed by atoms with E-state index in [9.17, 15) is 4.79 Å². The summed E-state index contributed by atoms with van der Waals surface area (Å²) < 4.78 is 0.818. The lowest BCUT2D eigenvalue weighted by molar-refractivity contribution is 0.0683. The van der Waals surface area contributed by atoms with E-state index in [1.54, 1.807) is 35.7 Å². The number of likely N-dealkylation sites (tertiary alicyclic amines) is 1. The van der Waals surface area contributed by atoms with Crippen LogP contribution >= 0.6 is 15.9 Å². The fourth-order valence-electron chi connectivity index (χ4n) is 2.43. The van der Waals surface area contributed by atoms with Crippen LogP contribution in [0.15, 0.2) is 35.3 Å². The predicted molar refractivity (Wildman–Crippen MR) is 76.1 cm³/mol. The zero-order valence-corrected chi connectivity index (χ0v) is 12.4. The molecular weight excluding hydrogens is 322 g/mol. The molecule has 3 heterocycles. The molecule has 0 bridgehead atoms. The molecule has 7 heteroatoms. The Kier molecular flexibility index (Phi) is 3.77. The van der Waals surface area contributed by atoms with Gasteiger partial charge in [0.25, 0.3) is 5.91 Å². The second kappa shape index (κ2) is 5.70. The van der Waals surface area contributed by atoms with Crippen molar-refractivity contribution in [3.63, 3.8) is 0 Å². The summed E-state index contributed by atoms with van der Waals surface area (Å²) in [6, 6.07) is 2.09. The molecule has 20 heavy (non-hydrogen) atoms. The van der Waals surface area contributed by atoms with Gasteiger partial charge in [-0.05, 0) is 34.8 Å². The zero-order chi connectivity index (χ0) is 13.9. The largest absolute Gasteiger partial charge is 0.338 e. The van der Waals surface area contributed by atoms with Crippen LogP contribution in [0.3, 0.4) is 0 Å². The molecule has 0 unspecified atom stereocenters. The van der Waals surface area contributed by atoms with Crippen molar-refractivity contribution in [1.82, 2.24) is 24.9 Å². The second-order valence-corrected chi connectivity index (χ2v) is 5.68. The number of nitrogens with zero attached hydrogens (tertiary/aromatic N) is 5. The summed E-state index contributed by atoms with van der Waals surface area (Å²) in [6.45, 7) is 1.44. The van der Waals surface area contributed by atoms with Crippen LogP contribution in [0.5, 0.6) is 0 Å². The minimum Gasteiger partial charge on any atom is -0.338 e. The summed E-state index contributed by atoms with van der Waals surface area (Å²) in [6.07, 6.45) is 8.40. The van der Waals surface area contributed by atoms with Gasteiger partial charge < -0.3 is 4.90 Å². The van der Waals surface area contributed by atoms with Gasteiger partial charge in [0.15, 0.2) is 0 Å². The van der Waals surface area contributed by atoms with Crippen LogP contribution in [0.4, 0.5) is 0 Å². The fourth-order valence-corrected chi connectivity index (χ4v) is 2.79. The van der Waals surface area contributed by atoms with Crippen molar-refractivity contribution in [3.05, 3.63) is 40.9 Å². The van der Waals surface area contributed by atoms with Gasteiger partial charge in [-0.25, -0.2) is 0 Å². The van der Waals surface area contributed by atoms with Crippen molar-refractivity contribution >= 4 is 21.8 Å². The highest BCUT2D eigenvalue weighted by Gasteiger charge is 2.25. The first-order chi connectivity index (χ1) is 9.74. The maximum atomic E-state index is 12.4. The minimum absolute atomic E-state index is 0.0330. The van der Waals surface area contributed by atoms with E-state index in [-0.39, 0.29) is 11.9 Å². The summed E-state index contributed by atoms with van der Waals surface area (Å²) in [5, 5.41) is 8.33. The van der Waals surface area contributed by atoms with Crippen molar-refractivity contribution in [2.75, 3.05) is 13.1 Å². The van der Waals surface area contributed by atoms with Gasteiger partial charge in [0.05, 0.1) is 24.0 Å². The van der Waals surface area contributed by atoms with E-state index < -0.39 is 0 Å². The summed E-state index contributed by atoms with van der Waals surface area (Å²) in [5.41, 5.74) is 0.620. The van der Waals surface area contributed by atoms with Gasteiger partial charge >= 0.3 is 0 Å². The molecule has 0 saturated carbocycles. The molecule has 1 fully saturated rings. The number of amides is 1. The lowest BCUT2D eigenvalue weighted by Crippen LogP contribution is -2.39. The Hall–Kier alpha value is -1.76. The molecule has 0 aliphatic carbocycles. The maximum absolute atomic E-state index is 12.4. The third kappa shape index (κ3) is 2.72. The van der Waals surface area contributed by atoms with Gasteiger partial charge in [-0.2, -0.15) is 15.0 Å². The van der Waals surface area contributed by atoms with Crippen LogP contribution in [0.2, 0.25) is 0 Å². The quantitative estimate of drug-likeness (QED) is 0.840. The van der Waals surface area contributed by atoms with Crippen molar-refractivity contribution in [1.29, 1.82) is 0 Å². The molecule has 0 atom stereocenters. The molecule has 0 aromatic carbocycles. The number of carbonyl (C=O) groups is 1. The summed E-state index contributed by atoms with van der Waals surface area (Å²) in [5.74, 6) is 0.0330. The van der Waals surface area contributed by atoms with Crippen LogP contribution < -0.4 is 0 Å². The van der Waals surface area contributed by atoms with Gasteiger partial charge in [-0.1, -0.05) is 0 Å². The van der Waals surface area contributed by atoms with Crippen molar-refractivity contribution in [3.8, 4) is 0 Å². The number of piperidine rings is 1. The first-order valence-electron chi connectivity index (χ1n) is 6.49. The van der Waals surface area contributed by atoms with E-state index >= 15 is 0 Å². The third-order valence-corrected chi connectivity index (χ3v) is 3.90. The van der Waals surface area contributed by atoms with E-state index in [0.717, 1.165) is 30.4 Å². The Labute approximate surface area is 124 Å². The number of hydrogen-bond acceptors (Lipinski definition) is 4. The molecule has 1 aliphatic heterocycles. The average molecular weight is 336 g/mol. The standard InChI is InChI=1S/C13H14BrN5O/c14-11-7-10(8-15-9-11)13(20)18-5-1-12(2-6-18)19-16-3-4-17-19/h3-4,7-9,12H,1-2,5-6H2. The maximum Gasteiger partial charge on any atom is 0.255 e. The molecular formula is C13H14BrN5O. The lowest BCUT2D eigenvalue weighted by atomic mass is 10.0. The molecule has 1 aliphatic rings. The Morgan fingerprint density at radius 3 is 2.55 bits per heavy atom. The molecule has 104 valence electrons. The first kappa shape index (κ1) is 13.2. The third-order valence-electron chi connectivity index (χ3n) is 3.47. The Morgan fingerprint density at radius 2 is 1.90 bits per heavy atom. The Balaban J connectivity index is 1.65. The fraction of sp³-hybridized carbons (Fsp3) is 0.385. The molecule has 2 aromatic heterocycles. The highest BCUT2D eigenvalue weighted by atomic mass is 79.9. The molecule has 0 N–H and O–H groups in total. The smallest absolute Gasteiger partial charge is 0.255 e. The molecule has 1 amide bonds. The number of hydrogen-bond donors (Lipinski definition) is 0. The van der Waals surface area contributed by atoms with E-state index in [4.69, 9.17) is 0 Å². The summed E-state index contributed by atoms with van der Waals surface area (Å²) in [7, 11) is 0. The molecule has 0 spiro atoms. The first-order valence-corrected chi connectivity index (χ1v) is 7.29. The number of halogens is 1. The normalized spacial score (nSPS) is 16.4. The summed E-state index contributed by atoms with van der Waals surface area (Å²) >= 11 is 3.34. The van der Waals surface area contributed by atoms with Gasteiger partial charge in [0.2, 0.25) is 0 Å². The van der Waals surface area contributed by atoms with E-state index in [0.29, 0.717) is 5.56 Å². The second-order valence-electron chi connectivity index (χ2n) is 4.76. The molecule has 3 rings (SSSR count). The van der Waals surface area contributed by atoms with Crippen LogP contribution in [0, 0.1) is 0 Å². The number of carbonyl (C=O) groups excluding carboxylic acids is 1. The summed E-state index contributed by atoms with van der Waals surface area (Å²) in [4.78, 5) is 20.0. The molecule has 6 nitrogen and oxygen atoms in total. The lowest BCUT2D eigenvalue weighted by Gasteiger charge is -2.31. The van der Waals surface area contributed by atoms with Crippen LogP contribution in [0.1, 0.15) is 29.2 Å². The monoisotopic (exact) mass is 335 g/mol. The van der Waals surface area contributed by atoms with Crippen LogP contribution in [-0.4, -0.2) is 43.9 Å². The average Bonchev–Trinajstić information content (AvgIpc) is 3.01. The van der Waals surface area contributed by atoms with E-state index in [2.05, 4.69) is 31.1 Å². The van der Waals surface area contributed by atoms with Gasteiger partial charge in [0.1, 0.15) is 0 Å². The van der Waals surface area contributed by atoms with Crippen LogP contribution in [0.25, 0.3) is 0 Å². The Bertz CT molecular complexity index is 593. The predicted octanol–water partition coefficient (Wildman–Crippen LogP) is 1.91. The SMILES string of the molecule is O=C(c1cncc(Br)c1)N1CCC(n2nccn2)CC1. The Morgan fingerprint density at radius 1 is 1.20 bits per heavy atom. The van der Waals surface area contributed by atoms with Gasteiger partial charge in [-0.3, -0.25) is 9.78 Å². The van der Waals surface area contributed by atoms with E-state index in [1.165, 1.54) is 0 Å². The highest BCUT2D eigenvalue weighted by Crippen LogP contribution is 2.22. The van der Waals surface area contributed by atoms with Crippen LogP contribution in [-0.2, 0) is 0 Å². The number of aromatic nitrogens is 4. The molecule has 1 saturated heterocycles. The minimum atomic E-state index is 0.0330. The topological polar surface area (TPSA) is 63.9 Å².